The average molecular weight is 368 g/mol. The third-order valence-corrected chi connectivity index (χ3v) is 5.77. The fourth-order valence-corrected chi connectivity index (χ4v) is 4.17. The molecule has 1 amide bonds. The molecule has 0 radical (unpaired) electrons. The number of carbonyl (C=O) groups excluding carboxylic acids is 1. The van der Waals surface area contributed by atoms with Crippen LogP contribution in [0.15, 0.2) is 28.7 Å². The highest BCUT2D eigenvalue weighted by molar-refractivity contribution is 5.92. The summed E-state index contributed by atoms with van der Waals surface area (Å²) in [6, 6.07) is 8.39. The van der Waals surface area contributed by atoms with E-state index < -0.39 is 0 Å². The zero-order valence-electron chi connectivity index (χ0n) is 16.2. The molecule has 2 aromatic rings. The first kappa shape index (κ1) is 18.3. The molecule has 0 saturated carbocycles. The van der Waals surface area contributed by atoms with Gasteiger partial charge >= 0.3 is 0 Å². The van der Waals surface area contributed by atoms with E-state index in [4.69, 9.17) is 9.15 Å². The Hall–Kier alpha value is -2.11. The Labute approximate surface area is 160 Å². The lowest BCUT2D eigenvalue weighted by atomic mass is 10.1. The van der Waals surface area contributed by atoms with Crippen LogP contribution in [0.1, 0.15) is 41.1 Å². The van der Waals surface area contributed by atoms with Gasteiger partial charge in [0.15, 0.2) is 0 Å². The first-order valence-corrected chi connectivity index (χ1v) is 9.88. The fraction of sp³-hybridized carbons (Fsp3) is 0.500. The van der Waals surface area contributed by atoms with Crippen molar-refractivity contribution >= 4 is 11.6 Å². The lowest BCUT2D eigenvalue weighted by Gasteiger charge is -2.34. The van der Waals surface area contributed by atoms with Gasteiger partial charge in [0.2, 0.25) is 5.91 Å². The van der Waals surface area contributed by atoms with Gasteiger partial charge in [-0.15, -0.1) is 0 Å². The van der Waals surface area contributed by atoms with Crippen LogP contribution >= 0.6 is 0 Å². The summed E-state index contributed by atoms with van der Waals surface area (Å²) in [6.07, 6.45) is 3.78. The van der Waals surface area contributed by atoms with E-state index in [0.717, 1.165) is 43.1 Å². The molecular formula is C22H28N2O3. The highest BCUT2D eigenvalue weighted by atomic mass is 16.5. The lowest BCUT2D eigenvalue weighted by Crippen LogP contribution is -2.46. The summed E-state index contributed by atoms with van der Waals surface area (Å²) < 4.78 is 11.5. The highest BCUT2D eigenvalue weighted by Gasteiger charge is 2.27. The molecule has 27 heavy (non-hydrogen) atoms. The first-order valence-electron chi connectivity index (χ1n) is 9.88. The second kappa shape index (κ2) is 7.87. The predicted molar refractivity (Wildman–Crippen MR) is 105 cm³/mol. The lowest BCUT2D eigenvalue weighted by molar-refractivity contribution is -0.119. The molecule has 1 aliphatic heterocycles. The Morgan fingerprint density at radius 2 is 2.19 bits per heavy atom. The van der Waals surface area contributed by atoms with E-state index in [0.29, 0.717) is 19.6 Å². The van der Waals surface area contributed by atoms with Crippen LogP contribution < -0.4 is 5.32 Å². The minimum atomic E-state index is 0.0580. The third-order valence-electron chi connectivity index (χ3n) is 5.77. The van der Waals surface area contributed by atoms with Gasteiger partial charge < -0.3 is 14.5 Å². The van der Waals surface area contributed by atoms with E-state index in [9.17, 15) is 4.79 Å². The summed E-state index contributed by atoms with van der Waals surface area (Å²) in [5.74, 6) is 1.98. The van der Waals surface area contributed by atoms with Crippen LogP contribution in [0.25, 0.3) is 0 Å². The van der Waals surface area contributed by atoms with Crippen LogP contribution in [0.2, 0.25) is 0 Å². The van der Waals surface area contributed by atoms with Crippen LogP contribution in [0.5, 0.6) is 0 Å². The van der Waals surface area contributed by atoms with Crippen LogP contribution in [-0.2, 0) is 28.9 Å². The molecule has 2 aliphatic rings. The van der Waals surface area contributed by atoms with Crippen molar-refractivity contribution in [2.45, 2.75) is 52.1 Å². The maximum absolute atomic E-state index is 12.7. The van der Waals surface area contributed by atoms with E-state index >= 15 is 0 Å². The van der Waals surface area contributed by atoms with Crippen molar-refractivity contribution in [3.8, 4) is 0 Å². The molecule has 5 nitrogen and oxygen atoms in total. The summed E-state index contributed by atoms with van der Waals surface area (Å²) in [7, 11) is 0. The number of amides is 1. The number of hydrogen-bond donors (Lipinski definition) is 1. The van der Waals surface area contributed by atoms with Gasteiger partial charge in [0.05, 0.1) is 19.8 Å². The van der Waals surface area contributed by atoms with Gasteiger partial charge in [-0.3, -0.25) is 9.69 Å². The molecular weight excluding hydrogens is 340 g/mol. The van der Waals surface area contributed by atoms with Crippen LogP contribution in [0.3, 0.4) is 0 Å². The summed E-state index contributed by atoms with van der Waals surface area (Å²) in [5, 5.41) is 3.14. The second-order valence-corrected chi connectivity index (χ2v) is 7.70. The summed E-state index contributed by atoms with van der Waals surface area (Å²) in [6.45, 7) is 6.86. The van der Waals surface area contributed by atoms with Crippen molar-refractivity contribution in [1.29, 1.82) is 0 Å². The Morgan fingerprint density at radius 3 is 3.00 bits per heavy atom. The normalized spacial score (nSPS) is 19.9. The zero-order chi connectivity index (χ0) is 18.8. The molecule has 2 heterocycles. The number of nitrogens with zero attached hydrogens (tertiary/aromatic N) is 1. The van der Waals surface area contributed by atoms with E-state index in [1.54, 1.807) is 0 Å². The highest BCUT2D eigenvalue weighted by Crippen LogP contribution is 2.29. The van der Waals surface area contributed by atoms with Gasteiger partial charge in [0, 0.05) is 24.7 Å². The number of fused-ring (bicyclic) bond motifs is 1. The van der Waals surface area contributed by atoms with Gasteiger partial charge in [0.1, 0.15) is 11.5 Å². The predicted octanol–water partition coefficient (Wildman–Crippen LogP) is 3.61. The second-order valence-electron chi connectivity index (χ2n) is 7.70. The number of anilines is 1. The van der Waals surface area contributed by atoms with Gasteiger partial charge in [-0.25, -0.2) is 0 Å². The molecule has 1 atom stereocenters. The Morgan fingerprint density at radius 1 is 1.30 bits per heavy atom. The summed E-state index contributed by atoms with van der Waals surface area (Å²) in [4.78, 5) is 15.0. The van der Waals surface area contributed by atoms with Crippen molar-refractivity contribution in [3.63, 3.8) is 0 Å². The van der Waals surface area contributed by atoms with Crippen LogP contribution in [-0.4, -0.2) is 36.6 Å². The van der Waals surface area contributed by atoms with Crippen molar-refractivity contribution in [1.82, 2.24) is 4.90 Å². The van der Waals surface area contributed by atoms with E-state index in [-0.39, 0.29) is 11.9 Å². The van der Waals surface area contributed by atoms with E-state index in [1.165, 1.54) is 23.1 Å². The SMILES string of the molecule is Cc1cc(CN2CCOC[C@@H]2CC(=O)Nc2cccc3c2CCC3)oc1C. The van der Waals surface area contributed by atoms with Crippen LogP contribution in [0.4, 0.5) is 5.69 Å². The first-order chi connectivity index (χ1) is 13.1. The molecule has 144 valence electrons. The average Bonchev–Trinajstić information content (AvgIpc) is 3.24. The number of rotatable bonds is 5. The third kappa shape index (κ3) is 4.09. The molecule has 0 unspecified atom stereocenters. The molecule has 1 aromatic heterocycles. The maximum Gasteiger partial charge on any atom is 0.226 e. The smallest absolute Gasteiger partial charge is 0.226 e. The Balaban J connectivity index is 1.40. The number of furan rings is 1. The summed E-state index contributed by atoms with van der Waals surface area (Å²) in [5.41, 5.74) is 4.84. The zero-order valence-corrected chi connectivity index (χ0v) is 16.2. The van der Waals surface area contributed by atoms with Gasteiger partial charge in [-0.05, 0) is 61.9 Å². The number of benzene rings is 1. The number of ether oxygens (including phenoxy) is 1. The molecule has 1 fully saturated rings. The Bertz CT molecular complexity index is 807. The Kier molecular flexibility index (Phi) is 5.32. The fourth-order valence-electron chi connectivity index (χ4n) is 4.17. The maximum atomic E-state index is 12.7. The minimum Gasteiger partial charge on any atom is -0.465 e. The number of morpholine rings is 1. The molecule has 5 heteroatoms. The van der Waals surface area contributed by atoms with Gasteiger partial charge in [0.25, 0.3) is 0 Å². The van der Waals surface area contributed by atoms with Gasteiger partial charge in [-0.2, -0.15) is 0 Å². The van der Waals surface area contributed by atoms with Crippen molar-refractivity contribution in [3.05, 3.63) is 52.5 Å². The number of hydrogen-bond acceptors (Lipinski definition) is 4. The van der Waals surface area contributed by atoms with Crippen molar-refractivity contribution < 1.29 is 13.9 Å². The molecule has 0 bridgehead atoms. The molecule has 1 N–H and O–H groups in total. The quantitative estimate of drug-likeness (QED) is 0.876. The standard InChI is InChI=1S/C22H28N2O3/c1-15-11-19(27-16(15)2)13-24-9-10-26-14-18(24)12-22(25)23-21-8-4-6-17-5-3-7-20(17)21/h4,6,8,11,18H,3,5,7,9-10,12-14H2,1-2H3,(H,23,25)/t18-/m0/s1. The molecule has 4 rings (SSSR count). The molecule has 1 aliphatic carbocycles. The topological polar surface area (TPSA) is 54.7 Å². The molecule has 0 spiro atoms. The number of carbonyl (C=O) groups is 1. The van der Waals surface area contributed by atoms with E-state index in [1.807, 2.05) is 19.1 Å². The largest absolute Gasteiger partial charge is 0.465 e. The monoisotopic (exact) mass is 368 g/mol. The summed E-state index contributed by atoms with van der Waals surface area (Å²) >= 11 is 0. The minimum absolute atomic E-state index is 0.0580. The van der Waals surface area contributed by atoms with E-state index in [2.05, 4.69) is 29.3 Å². The number of nitrogens with one attached hydrogen (secondary N) is 1. The molecule has 1 aromatic carbocycles. The van der Waals surface area contributed by atoms with Gasteiger partial charge in [-0.1, -0.05) is 12.1 Å². The van der Waals surface area contributed by atoms with Crippen LogP contribution in [0, 0.1) is 13.8 Å². The number of aryl methyl sites for hydroxylation is 3. The molecule has 1 saturated heterocycles. The van der Waals surface area contributed by atoms with Crippen molar-refractivity contribution in [2.24, 2.45) is 0 Å². The van der Waals surface area contributed by atoms with Crippen molar-refractivity contribution in [2.75, 3.05) is 25.1 Å².